The molecule has 0 heterocycles. The molecular formula is C16H21N. The lowest BCUT2D eigenvalue weighted by atomic mass is 9.90. The van der Waals surface area contributed by atoms with Crippen molar-refractivity contribution in [3.05, 3.63) is 54.2 Å². The molecule has 0 fully saturated rings. The zero-order valence-corrected chi connectivity index (χ0v) is 11.0. The molecule has 0 radical (unpaired) electrons. The summed E-state index contributed by atoms with van der Waals surface area (Å²) in [6.45, 7) is 10.1. The standard InChI is InChI=1S/C16H21N/c1-5-9-13(3)15-10-7-8-11-16(15)14(4)12-17-6-2/h5-8,10-13H,1,9H2,2-4H3/b14-12+,17-6?. The molecule has 0 bridgehead atoms. The summed E-state index contributed by atoms with van der Waals surface area (Å²) in [5, 5.41) is 0. The third kappa shape index (κ3) is 3.70. The normalized spacial score (nSPS) is 13.9. The number of allylic oxidation sites excluding steroid dienone is 2. The summed E-state index contributed by atoms with van der Waals surface area (Å²) < 4.78 is 0. The van der Waals surface area contributed by atoms with Gasteiger partial charge in [-0.15, -0.1) is 6.58 Å². The first kappa shape index (κ1) is 13.4. The summed E-state index contributed by atoms with van der Waals surface area (Å²) in [6.07, 6.45) is 6.70. The van der Waals surface area contributed by atoms with Gasteiger partial charge >= 0.3 is 0 Å². The van der Waals surface area contributed by atoms with Crippen LogP contribution in [0.3, 0.4) is 0 Å². The Hall–Kier alpha value is -1.63. The maximum atomic E-state index is 4.19. The zero-order valence-electron chi connectivity index (χ0n) is 11.0. The van der Waals surface area contributed by atoms with Gasteiger partial charge in [0.25, 0.3) is 0 Å². The lowest BCUT2D eigenvalue weighted by Gasteiger charge is -2.15. The third-order valence-electron chi connectivity index (χ3n) is 2.85. The largest absolute Gasteiger partial charge is 0.269 e. The summed E-state index contributed by atoms with van der Waals surface area (Å²) in [5.74, 6) is 0.498. The first-order valence-electron chi connectivity index (χ1n) is 6.05. The van der Waals surface area contributed by atoms with Crippen molar-refractivity contribution in [3.63, 3.8) is 0 Å². The van der Waals surface area contributed by atoms with E-state index < -0.39 is 0 Å². The lowest BCUT2D eigenvalue weighted by Crippen LogP contribution is -1.97. The van der Waals surface area contributed by atoms with E-state index in [2.05, 4.69) is 49.7 Å². The Kier molecular flexibility index (Phi) is 5.41. The van der Waals surface area contributed by atoms with Crippen LogP contribution in [0.15, 0.2) is 48.1 Å². The van der Waals surface area contributed by atoms with E-state index in [1.807, 2.05) is 19.2 Å². The molecule has 1 aromatic carbocycles. The summed E-state index contributed by atoms with van der Waals surface area (Å²) in [4.78, 5) is 4.19. The fourth-order valence-corrected chi connectivity index (χ4v) is 1.92. The van der Waals surface area contributed by atoms with Crippen LogP contribution in [-0.4, -0.2) is 6.21 Å². The molecule has 0 spiro atoms. The van der Waals surface area contributed by atoms with Crippen LogP contribution >= 0.6 is 0 Å². The van der Waals surface area contributed by atoms with E-state index >= 15 is 0 Å². The summed E-state index contributed by atoms with van der Waals surface area (Å²) in [7, 11) is 0. The number of hydrogen-bond donors (Lipinski definition) is 0. The molecular weight excluding hydrogens is 206 g/mol. The van der Waals surface area contributed by atoms with Gasteiger partial charge in [-0.3, -0.25) is 4.99 Å². The molecule has 0 amide bonds. The first-order chi connectivity index (χ1) is 8.20. The van der Waals surface area contributed by atoms with Crippen molar-refractivity contribution in [1.82, 2.24) is 0 Å². The van der Waals surface area contributed by atoms with Gasteiger partial charge in [0.1, 0.15) is 0 Å². The van der Waals surface area contributed by atoms with Crippen LogP contribution < -0.4 is 0 Å². The highest BCUT2D eigenvalue weighted by atomic mass is 14.7. The van der Waals surface area contributed by atoms with Gasteiger partial charge in [-0.2, -0.15) is 0 Å². The Morgan fingerprint density at radius 2 is 2.12 bits per heavy atom. The molecule has 0 aliphatic heterocycles. The van der Waals surface area contributed by atoms with Crippen molar-refractivity contribution in [2.24, 2.45) is 4.99 Å². The van der Waals surface area contributed by atoms with Gasteiger partial charge in [0.15, 0.2) is 0 Å². The molecule has 1 atom stereocenters. The Balaban J connectivity index is 3.11. The van der Waals surface area contributed by atoms with Crippen molar-refractivity contribution in [2.45, 2.75) is 33.1 Å². The Bertz CT molecular complexity index is 427. The van der Waals surface area contributed by atoms with E-state index in [1.165, 1.54) is 16.7 Å². The van der Waals surface area contributed by atoms with Crippen LogP contribution in [0.5, 0.6) is 0 Å². The minimum absolute atomic E-state index is 0.498. The molecule has 1 heteroatoms. The first-order valence-corrected chi connectivity index (χ1v) is 6.05. The molecule has 17 heavy (non-hydrogen) atoms. The number of nitrogens with zero attached hydrogens (tertiary/aromatic N) is 1. The Morgan fingerprint density at radius 1 is 1.41 bits per heavy atom. The van der Waals surface area contributed by atoms with E-state index in [4.69, 9.17) is 0 Å². The summed E-state index contributed by atoms with van der Waals surface area (Å²) >= 11 is 0. The van der Waals surface area contributed by atoms with Gasteiger partial charge in [-0.05, 0) is 42.9 Å². The van der Waals surface area contributed by atoms with Crippen LogP contribution in [0.1, 0.15) is 44.2 Å². The minimum atomic E-state index is 0.498. The van der Waals surface area contributed by atoms with Crippen LogP contribution in [-0.2, 0) is 0 Å². The van der Waals surface area contributed by atoms with E-state index in [1.54, 1.807) is 6.21 Å². The smallest absolute Gasteiger partial charge is 0.0299 e. The highest BCUT2D eigenvalue weighted by Crippen LogP contribution is 2.27. The van der Waals surface area contributed by atoms with Crippen LogP contribution in [0.25, 0.3) is 5.57 Å². The number of hydrogen-bond acceptors (Lipinski definition) is 1. The second-order valence-electron chi connectivity index (χ2n) is 4.23. The maximum Gasteiger partial charge on any atom is 0.0299 e. The molecule has 1 rings (SSSR count). The second kappa shape index (κ2) is 6.85. The topological polar surface area (TPSA) is 12.4 Å². The average Bonchev–Trinajstić information content (AvgIpc) is 2.36. The zero-order chi connectivity index (χ0) is 12.7. The van der Waals surface area contributed by atoms with Crippen molar-refractivity contribution in [2.75, 3.05) is 0 Å². The van der Waals surface area contributed by atoms with E-state index in [-0.39, 0.29) is 0 Å². The lowest BCUT2D eigenvalue weighted by molar-refractivity contribution is 0.779. The molecule has 0 saturated heterocycles. The Morgan fingerprint density at radius 3 is 2.76 bits per heavy atom. The maximum absolute atomic E-state index is 4.19. The molecule has 90 valence electrons. The summed E-state index contributed by atoms with van der Waals surface area (Å²) in [6, 6.07) is 8.52. The SMILES string of the molecule is C=CCC(C)c1ccccc1/C(C)=C/N=CC. The highest BCUT2D eigenvalue weighted by Gasteiger charge is 2.09. The van der Waals surface area contributed by atoms with Gasteiger partial charge in [-0.25, -0.2) is 0 Å². The fraction of sp³-hybridized carbons (Fsp3) is 0.312. The molecule has 0 saturated carbocycles. The van der Waals surface area contributed by atoms with Gasteiger partial charge in [-0.1, -0.05) is 37.3 Å². The molecule has 1 unspecified atom stereocenters. The quantitative estimate of drug-likeness (QED) is 0.505. The van der Waals surface area contributed by atoms with Crippen LogP contribution in [0.4, 0.5) is 0 Å². The van der Waals surface area contributed by atoms with Crippen molar-refractivity contribution < 1.29 is 0 Å². The molecule has 1 aromatic rings. The van der Waals surface area contributed by atoms with Gasteiger partial charge in [0, 0.05) is 12.4 Å². The van der Waals surface area contributed by atoms with Gasteiger partial charge < -0.3 is 0 Å². The molecule has 1 nitrogen and oxygen atoms in total. The molecule has 0 aliphatic carbocycles. The van der Waals surface area contributed by atoms with Crippen molar-refractivity contribution >= 4 is 11.8 Å². The molecule has 0 aliphatic rings. The highest BCUT2D eigenvalue weighted by molar-refractivity contribution is 5.68. The number of rotatable bonds is 5. The molecule has 0 aromatic heterocycles. The van der Waals surface area contributed by atoms with Gasteiger partial charge in [0.05, 0.1) is 0 Å². The summed E-state index contributed by atoms with van der Waals surface area (Å²) in [5.41, 5.74) is 3.86. The van der Waals surface area contributed by atoms with E-state index in [0.717, 1.165) is 6.42 Å². The van der Waals surface area contributed by atoms with Gasteiger partial charge in [0.2, 0.25) is 0 Å². The average molecular weight is 227 g/mol. The van der Waals surface area contributed by atoms with Crippen molar-refractivity contribution in [3.8, 4) is 0 Å². The van der Waals surface area contributed by atoms with E-state index in [0.29, 0.717) is 5.92 Å². The van der Waals surface area contributed by atoms with E-state index in [9.17, 15) is 0 Å². The predicted octanol–water partition coefficient (Wildman–Crippen LogP) is 4.82. The van der Waals surface area contributed by atoms with Crippen LogP contribution in [0.2, 0.25) is 0 Å². The number of aliphatic imine (C=N–C) groups is 1. The predicted molar refractivity (Wildman–Crippen MR) is 77.5 cm³/mol. The minimum Gasteiger partial charge on any atom is -0.269 e. The molecule has 0 N–H and O–H groups in total. The Labute approximate surface area is 105 Å². The second-order valence-corrected chi connectivity index (χ2v) is 4.23. The number of benzene rings is 1. The van der Waals surface area contributed by atoms with Crippen molar-refractivity contribution in [1.29, 1.82) is 0 Å². The fourth-order valence-electron chi connectivity index (χ4n) is 1.92. The van der Waals surface area contributed by atoms with Crippen LogP contribution in [0, 0.1) is 0 Å². The third-order valence-corrected chi connectivity index (χ3v) is 2.85. The monoisotopic (exact) mass is 227 g/mol.